The van der Waals surface area contributed by atoms with Crippen LogP contribution in [0.4, 0.5) is 10.2 Å². The standard InChI is InChI=1S/C25H36FN5O2/c26-20-7-6-18-8-11-29-25(22(18)16-20)31-14-9-21(10-15-31)27-12-13-28-23(17-24(32)30-33)19-4-2-1-3-5-19/h6-8,11,16,19,21,23,27-28,33H,1-5,9-10,12-15,17H2,(H,30,32). The molecule has 0 radical (unpaired) electrons. The number of hydroxylamine groups is 1. The van der Waals surface area contributed by atoms with Gasteiger partial charge in [0, 0.05) is 56.3 Å². The summed E-state index contributed by atoms with van der Waals surface area (Å²) in [6.45, 7) is 3.40. The van der Waals surface area contributed by atoms with Crippen molar-refractivity contribution < 1.29 is 14.4 Å². The Bertz CT molecular complexity index is 913. The molecule has 180 valence electrons. The number of carbonyl (C=O) groups excluding carboxylic acids is 1. The summed E-state index contributed by atoms with van der Waals surface area (Å²) < 4.78 is 13.8. The van der Waals surface area contributed by atoms with Gasteiger partial charge in [-0.2, -0.15) is 0 Å². The van der Waals surface area contributed by atoms with Crippen LogP contribution in [0, 0.1) is 11.7 Å². The Morgan fingerprint density at radius 3 is 2.67 bits per heavy atom. The molecule has 1 amide bonds. The normalized spacial score (nSPS) is 19.0. The van der Waals surface area contributed by atoms with E-state index in [1.165, 1.54) is 25.3 Å². The number of aromatic nitrogens is 1. The second-order valence-corrected chi connectivity index (χ2v) is 9.41. The van der Waals surface area contributed by atoms with Crippen LogP contribution in [0.25, 0.3) is 10.8 Å². The number of fused-ring (bicyclic) bond motifs is 1. The van der Waals surface area contributed by atoms with E-state index in [1.807, 2.05) is 12.1 Å². The van der Waals surface area contributed by atoms with E-state index in [0.717, 1.165) is 68.5 Å². The Kier molecular flexibility index (Phi) is 8.47. The van der Waals surface area contributed by atoms with Crippen molar-refractivity contribution in [1.82, 2.24) is 21.1 Å². The number of anilines is 1. The lowest BCUT2D eigenvalue weighted by Gasteiger charge is -2.34. The zero-order valence-corrected chi connectivity index (χ0v) is 19.2. The second kappa shape index (κ2) is 11.7. The van der Waals surface area contributed by atoms with Crippen LogP contribution in [-0.2, 0) is 4.79 Å². The van der Waals surface area contributed by atoms with Crippen LogP contribution in [0.15, 0.2) is 30.5 Å². The average molecular weight is 458 g/mol. The molecule has 1 aromatic heterocycles. The van der Waals surface area contributed by atoms with Crippen molar-refractivity contribution in [3.05, 3.63) is 36.3 Å². The van der Waals surface area contributed by atoms with Crippen LogP contribution < -0.4 is 21.0 Å². The van der Waals surface area contributed by atoms with Gasteiger partial charge in [0.2, 0.25) is 5.91 Å². The van der Waals surface area contributed by atoms with Gasteiger partial charge in [-0.05, 0) is 55.2 Å². The molecule has 1 aliphatic carbocycles. The molecule has 2 aromatic rings. The number of piperidine rings is 1. The average Bonchev–Trinajstić information content (AvgIpc) is 2.86. The fraction of sp³-hybridized carbons (Fsp3) is 0.600. The monoisotopic (exact) mass is 457 g/mol. The number of hydrogen-bond acceptors (Lipinski definition) is 6. The van der Waals surface area contributed by atoms with Gasteiger partial charge in [0.1, 0.15) is 11.6 Å². The highest BCUT2D eigenvalue weighted by Gasteiger charge is 2.26. The molecule has 7 nitrogen and oxygen atoms in total. The Balaban J connectivity index is 1.23. The highest BCUT2D eigenvalue weighted by Crippen LogP contribution is 2.28. The summed E-state index contributed by atoms with van der Waals surface area (Å²) in [7, 11) is 0. The number of nitrogens with zero attached hydrogens (tertiary/aromatic N) is 2. The molecule has 1 unspecified atom stereocenters. The van der Waals surface area contributed by atoms with Gasteiger partial charge in [0.15, 0.2) is 0 Å². The van der Waals surface area contributed by atoms with Crippen LogP contribution in [0.1, 0.15) is 51.4 Å². The van der Waals surface area contributed by atoms with Crippen LogP contribution >= 0.6 is 0 Å². The second-order valence-electron chi connectivity index (χ2n) is 9.41. The molecule has 2 fully saturated rings. The molecule has 0 bridgehead atoms. The van der Waals surface area contributed by atoms with Crippen LogP contribution in [0.2, 0.25) is 0 Å². The molecule has 1 aromatic carbocycles. The summed E-state index contributed by atoms with van der Waals surface area (Å²) >= 11 is 0. The molecule has 2 heterocycles. The zero-order chi connectivity index (χ0) is 23.0. The third-order valence-electron chi connectivity index (χ3n) is 7.22. The van der Waals surface area contributed by atoms with Crippen molar-refractivity contribution in [3.63, 3.8) is 0 Å². The SMILES string of the molecule is O=C(CC(NCCNC1CCN(c2nccc3ccc(F)cc23)CC1)C1CCCCC1)NO. The molecule has 8 heteroatoms. The maximum absolute atomic E-state index is 13.8. The fourth-order valence-corrected chi connectivity index (χ4v) is 5.39. The summed E-state index contributed by atoms with van der Waals surface area (Å²) in [6, 6.07) is 7.34. The van der Waals surface area contributed by atoms with Gasteiger partial charge in [-0.1, -0.05) is 25.3 Å². The molecular weight excluding hydrogens is 421 g/mol. The predicted molar refractivity (Wildman–Crippen MR) is 128 cm³/mol. The third-order valence-corrected chi connectivity index (χ3v) is 7.22. The van der Waals surface area contributed by atoms with Gasteiger partial charge in [0.05, 0.1) is 0 Å². The van der Waals surface area contributed by atoms with Gasteiger partial charge in [0.25, 0.3) is 0 Å². The van der Waals surface area contributed by atoms with Gasteiger partial charge >= 0.3 is 0 Å². The summed E-state index contributed by atoms with van der Waals surface area (Å²) in [4.78, 5) is 18.5. The number of carbonyl (C=O) groups is 1. The number of halogens is 1. The largest absolute Gasteiger partial charge is 0.356 e. The zero-order valence-electron chi connectivity index (χ0n) is 19.2. The quantitative estimate of drug-likeness (QED) is 0.262. The molecule has 4 N–H and O–H groups in total. The first-order chi connectivity index (χ1) is 16.1. The molecule has 4 rings (SSSR count). The van der Waals surface area contributed by atoms with Crippen molar-refractivity contribution in [2.24, 2.45) is 5.92 Å². The summed E-state index contributed by atoms with van der Waals surface area (Å²) in [6.07, 6.45) is 10.1. The third kappa shape index (κ3) is 6.40. The lowest BCUT2D eigenvalue weighted by atomic mass is 9.82. The van der Waals surface area contributed by atoms with Crippen LogP contribution in [-0.4, -0.2) is 54.4 Å². The van der Waals surface area contributed by atoms with Crippen LogP contribution in [0.3, 0.4) is 0 Å². The van der Waals surface area contributed by atoms with Gasteiger partial charge in [-0.25, -0.2) is 14.9 Å². The molecular formula is C25H36FN5O2. The van der Waals surface area contributed by atoms with E-state index in [9.17, 15) is 9.18 Å². The minimum atomic E-state index is -0.319. The Morgan fingerprint density at radius 2 is 1.91 bits per heavy atom. The number of hydrogen-bond donors (Lipinski definition) is 4. The van der Waals surface area contributed by atoms with E-state index in [4.69, 9.17) is 5.21 Å². The van der Waals surface area contributed by atoms with E-state index in [0.29, 0.717) is 18.4 Å². The Labute approximate surface area is 195 Å². The van der Waals surface area contributed by atoms with Crippen molar-refractivity contribution in [3.8, 4) is 0 Å². The highest BCUT2D eigenvalue weighted by molar-refractivity contribution is 5.92. The minimum absolute atomic E-state index is 0.110. The molecule has 33 heavy (non-hydrogen) atoms. The number of rotatable bonds is 9. The van der Waals surface area contributed by atoms with Crippen molar-refractivity contribution in [2.75, 3.05) is 31.1 Å². The number of nitrogens with one attached hydrogen (secondary N) is 3. The number of pyridine rings is 1. The first kappa shape index (κ1) is 23.9. The first-order valence-corrected chi connectivity index (χ1v) is 12.3. The maximum Gasteiger partial charge on any atom is 0.244 e. The molecule has 2 aliphatic rings. The van der Waals surface area contributed by atoms with Crippen molar-refractivity contribution >= 4 is 22.5 Å². The van der Waals surface area contributed by atoms with E-state index in [-0.39, 0.29) is 17.8 Å². The molecule has 1 aliphatic heterocycles. The van der Waals surface area contributed by atoms with Gasteiger partial charge in [-0.15, -0.1) is 0 Å². The lowest BCUT2D eigenvalue weighted by molar-refractivity contribution is -0.130. The summed E-state index contributed by atoms with van der Waals surface area (Å²) in [5, 5.41) is 18.0. The molecule has 1 saturated heterocycles. The smallest absolute Gasteiger partial charge is 0.244 e. The number of benzene rings is 1. The van der Waals surface area contributed by atoms with E-state index in [1.54, 1.807) is 17.7 Å². The first-order valence-electron chi connectivity index (χ1n) is 12.3. The maximum atomic E-state index is 13.8. The number of amides is 1. The topological polar surface area (TPSA) is 89.5 Å². The summed E-state index contributed by atoms with van der Waals surface area (Å²) in [5.41, 5.74) is 1.78. The van der Waals surface area contributed by atoms with Gasteiger partial charge < -0.3 is 15.5 Å². The van der Waals surface area contributed by atoms with E-state index in [2.05, 4.69) is 20.5 Å². The van der Waals surface area contributed by atoms with E-state index >= 15 is 0 Å². The van der Waals surface area contributed by atoms with Crippen molar-refractivity contribution in [2.45, 2.75) is 63.5 Å². The molecule has 1 atom stereocenters. The Morgan fingerprint density at radius 1 is 1.12 bits per heavy atom. The molecule has 0 spiro atoms. The van der Waals surface area contributed by atoms with E-state index < -0.39 is 0 Å². The highest BCUT2D eigenvalue weighted by atomic mass is 19.1. The predicted octanol–water partition coefficient (Wildman–Crippen LogP) is 3.37. The Hall–Kier alpha value is -2.29. The lowest BCUT2D eigenvalue weighted by Crippen LogP contribution is -2.47. The minimum Gasteiger partial charge on any atom is -0.356 e. The fourth-order valence-electron chi connectivity index (χ4n) is 5.39. The van der Waals surface area contributed by atoms with Gasteiger partial charge in [-0.3, -0.25) is 10.0 Å². The van der Waals surface area contributed by atoms with Crippen LogP contribution in [0.5, 0.6) is 0 Å². The summed E-state index contributed by atoms with van der Waals surface area (Å²) in [5.74, 6) is 0.811. The molecule has 1 saturated carbocycles. The van der Waals surface area contributed by atoms with Crippen molar-refractivity contribution in [1.29, 1.82) is 0 Å².